The van der Waals surface area contributed by atoms with E-state index in [2.05, 4.69) is 0 Å². The van der Waals surface area contributed by atoms with E-state index >= 15 is 0 Å². The minimum atomic E-state index is -4.27. The van der Waals surface area contributed by atoms with E-state index in [-0.39, 0.29) is 6.54 Å². The molecular formula is C10H11F3N2O4S. The number of carboxylic acid groups (broad SMARTS) is 1. The highest BCUT2D eigenvalue weighted by Gasteiger charge is 2.22. The molecule has 0 aliphatic rings. The number of carboxylic acids is 1. The minimum Gasteiger partial charge on any atom is -0.481 e. The molecule has 0 unspecified atom stereocenters. The Balaban J connectivity index is 2.91. The molecule has 0 aromatic heterocycles. The summed E-state index contributed by atoms with van der Waals surface area (Å²) in [6.45, 7) is -0.365. The summed E-state index contributed by atoms with van der Waals surface area (Å²) in [5, 5.41) is 8.44. The molecule has 0 aliphatic heterocycles. The molecule has 0 amide bonds. The van der Waals surface area contributed by atoms with Gasteiger partial charge in [-0.25, -0.2) is 13.2 Å². The first-order chi connectivity index (χ1) is 9.15. The molecule has 0 saturated heterocycles. The molecule has 0 spiro atoms. The summed E-state index contributed by atoms with van der Waals surface area (Å²) in [5.41, 5.74) is -0.772. The second-order valence-electron chi connectivity index (χ2n) is 3.80. The number of benzene rings is 1. The molecule has 0 aliphatic carbocycles. The third-order valence-corrected chi connectivity index (χ3v) is 3.81. The van der Waals surface area contributed by atoms with Gasteiger partial charge in [-0.15, -0.1) is 0 Å². The standard InChI is InChI=1S/C10H11F3N2O4S/c1-15(5-4-8(16)17)20(18,19)14-7-3-2-6(11)9(12)10(7)13/h2-3,14H,4-5H2,1H3,(H,16,17). The molecule has 0 atom stereocenters. The van der Waals surface area contributed by atoms with Crippen LogP contribution in [0.5, 0.6) is 0 Å². The Hall–Kier alpha value is -1.81. The quantitative estimate of drug-likeness (QED) is 0.772. The van der Waals surface area contributed by atoms with E-state index in [4.69, 9.17) is 5.11 Å². The lowest BCUT2D eigenvalue weighted by atomic mass is 10.3. The van der Waals surface area contributed by atoms with E-state index < -0.39 is 45.7 Å². The van der Waals surface area contributed by atoms with Crippen LogP contribution in [0.4, 0.5) is 18.9 Å². The summed E-state index contributed by atoms with van der Waals surface area (Å²) in [6, 6.07) is 1.28. The fraction of sp³-hybridized carbons (Fsp3) is 0.300. The molecule has 0 heterocycles. The Bertz CT molecular complexity index is 621. The number of hydrogen-bond acceptors (Lipinski definition) is 3. The summed E-state index contributed by atoms with van der Waals surface area (Å²) in [4.78, 5) is 10.3. The van der Waals surface area contributed by atoms with Crippen LogP contribution in [0.1, 0.15) is 6.42 Å². The number of nitrogens with zero attached hydrogens (tertiary/aromatic N) is 1. The van der Waals surface area contributed by atoms with Gasteiger partial charge in [0.25, 0.3) is 0 Å². The lowest BCUT2D eigenvalue weighted by molar-refractivity contribution is -0.137. The van der Waals surface area contributed by atoms with Crippen molar-refractivity contribution >= 4 is 21.9 Å². The van der Waals surface area contributed by atoms with Gasteiger partial charge in [0.05, 0.1) is 12.1 Å². The molecule has 6 nitrogen and oxygen atoms in total. The van der Waals surface area contributed by atoms with Gasteiger partial charge in [-0.1, -0.05) is 0 Å². The zero-order chi connectivity index (χ0) is 15.5. The first-order valence-corrected chi connectivity index (χ1v) is 6.68. The van der Waals surface area contributed by atoms with Crippen molar-refractivity contribution in [2.45, 2.75) is 6.42 Å². The Labute approximate surface area is 113 Å². The lowest BCUT2D eigenvalue weighted by Crippen LogP contribution is -2.34. The molecule has 0 radical (unpaired) electrons. The first-order valence-electron chi connectivity index (χ1n) is 5.24. The van der Waals surface area contributed by atoms with Crippen molar-refractivity contribution in [3.63, 3.8) is 0 Å². The van der Waals surface area contributed by atoms with Crippen molar-refractivity contribution < 1.29 is 31.5 Å². The third-order valence-electron chi connectivity index (χ3n) is 2.32. The number of anilines is 1. The maximum Gasteiger partial charge on any atom is 0.304 e. The van der Waals surface area contributed by atoms with Gasteiger partial charge in [0.1, 0.15) is 0 Å². The van der Waals surface area contributed by atoms with Crippen LogP contribution in [-0.2, 0) is 15.0 Å². The van der Waals surface area contributed by atoms with E-state index in [1.807, 2.05) is 0 Å². The molecule has 10 heteroatoms. The zero-order valence-corrected chi connectivity index (χ0v) is 11.0. The van der Waals surface area contributed by atoms with Crippen molar-refractivity contribution in [3.05, 3.63) is 29.6 Å². The maximum atomic E-state index is 13.3. The number of nitrogens with one attached hydrogen (secondary N) is 1. The molecule has 1 rings (SSSR count). The van der Waals surface area contributed by atoms with Crippen molar-refractivity contribution in [2.75, 3.05) is 18.3 Å². The van der Waals surface area contributed by atoms with Gasteiger partial charge >= 0.3 is 16.2 Å². The van der Waals surface area contributed by atoms with E-state index in [1.165, 1.54) is 0 Å². The second-order valence-corrected chi connectivity index (χ2v) is 5.57. The fourth-order valence-corrected chi connectivity index (χ4v) is 2.12. The normalized spacial score (nSPS) is 11.7. The summed E-state index contributed by atoms with van der Waals surface area (Å²) >= 11 is 0. The van der Waals surface area contributed by atoms with Gasteiger partial charge in [-0.05, 0) is 12.1 Å². The third kappa shape index (κ3) is 3.84. The Kier molecular flexibility index (Phi) is 4.95. The van der Waals surface area contributed by atoms with Crippen LogP contribution in [0.15, 0.2) is 12.1 Å². The highest BCUT2D eigenvalue weighted by atomic mass is 32.2. The molecule has 20 heavy (non-hydrogen) atoms. The summed E-state index contributed by atoms with van der Waals surface area (Å²) in [6.07, 6.45) is -0.461. The van der Waals surface area contributed by atoms with Crippen LogP contribution < -0.4 is 4.72 Å². The molecule has 0 saturated carbocycles. The SMILES string of the molecule is CN(CCC(=O)O)S(=O)(=O)Nc1ccc(F)c(F)c1F. The zero-order valence-electron chi connectivity index (χ0n) is 10.2. The Morgan fingerprint density at radius 3 is 2.45 bits per heavy atom. The predicted octanol–water partition coefficient (Wildman–Crippen LogP) is 1.17. The molecule has 0 fully saturated rings. The fourth-order valence-electron chi connectivity index (χ4n) is 1.19. The Morgan fingerprint density at radius 1 is 1.30 bits per heavy atom. The highest BCUT2D eigenvalue weighted by molar-refractivity contribution is 7.90. The van der Waals surface area contributed by atoms with Crippen molar-refractivity contribution in [3.8, 4) is 0 Å². The number of carbonyl (C=O) groups is 1. The number of halogens is 3. The molecule has 112 valence electrons. The molecule has 2 N–H and O–H groups in total. The van der Waals surface area contributed by atoms with Crippen LogP contribution >= 0.6 is 0 Å². The number of rotatable bonds is 6. The molecule has 1 aromatic rings. The number of aliphatic carboxylic acids is 1. The smallest absolute Gasteiger partial charge is 0.304 e. The van der Waals surface area contributed by atoms with Crippen LogP contribution in [-0.4, -0.2) is 37.4 Å². The lowest BCUT2D eigenvalue weighted by Gasteiger charge is -2.17. The van der Waals surface area contributed by atoms with Crippen LogP contribution in [0.3, 0.4) is 0 Å². The minimum absolute atomic E-state index is 0.365. The van der Waals surface area contributed by atoms with E-state index in [9.17, 15) is 26.4 Å². The second kappa shape index (κ2) is 6.09. The average molecular weight is 312 g/mol. The van der Waals surface area contributed by atoms with E-state index in [0.29, 0.717) is 10.4 Å². The van der Waals surface area contributed by atoms with Gasteiger partial charge in [0.2, 0.25) is 0 Å². The maximum absolute atomic E-state index is 13.3. The highest BCUT2D eigenvalue weighted by Crippen LogP contribution is 2.21. The van der Waals surface area contributed by atoms with Crippen LogP contribution in [0.25, 0.3) is 0 Å². The summed E-state index contributed by atoms with van der Waals surface area (Å²) < 4.78 is 64.7. The molecule has 0 bridgehead atoms. The monoisotopic (exact) mass is 312 g/mol. The topological polar surface area (TPSA) is 86.7 Å². The van der Waals surface area contributed by atoms with Crippen LogP contribution in [0, 0.1) is 17.5 Å². The molecule has 1 aromatic carbocycles. The number of hydrogen-bond donors (Lipinski definition) is 2. The van der Waals surface area contributed by atoms with Crippen molar-refractivity contribution in [1.29, 1.82) is 0 Å². The Morgan fingerprint density at radius 2 is 1.90 bits per heavy atom. The van der Waals surface area contributed by atoms with Gasteiger partial charge in [-0.3, -0.25) is 9.52 Å². The van der Waals surface area contributed by atoms with Gasteiger partial charge in [-0.2, -0.15) is 12.7 Å². The van der Waals surface area contributed by atoms with Gasteiger partial charge < -0.3 is 5.11 Å². The predicted molar refractivity (Wildman–Crippen MR) is 63.7 cm³/mol. The summed E-state index contributed by atoms with van der Waals surface area (Å²) in [7, 11) is -3.21. The molecular weight excluding hydrogens is 301 g/mol. The van der Waals surface area contributed by atoms with Crippen molar-refractivity contribution in [1.82, 2.24) is 4.31 Å². The summed E-state index contributed by atoms with van der Waals surface area (Å²) in [5.74, 6) is -6.16. The largest absolute Gasteiger partial charge is 0.481 e. The first kappa shape index (κ1) is 16.2. The van der Waals surface area contributed by atoms with Gasteiger partial charge in [0.15, 0.2) is 17.5 Å². The van der Waals surface area contributed by atoms with Crippen LogP contribution in [0.2, 0.25) is 0 Å². The average Bonchev–Trinajstić information content (AvgIpc) is 2.36. The van der Waals surface area contributed by atoms with E-state index in [1.54, 1.807) is 4.72 Å². The van der Waals surface area contributed by atoms with Crippen molar-refractivity contribution in [2.24, 2.45) is 0 Å². The van der Waals surface area contributed by atoms with Gasteiger partial charge in [0, 0.05) is 13.6 Å². The van der Waals surface area contributed by atoms with E-state index in [0.717, 1.165) is 13.1 Å².